The highest BCUT2D eigenvalue weighted by Crippen LogP contribution is 2.38. The summed E-state index contributed by atoms with van der Waals surface area (Å²) in [6.07, 6.45) is 8.71. The lowest BCUT2D eigenvalue weighted by molar-refractivity contribution is -0.122. The van der Waals surface area contributed by atoms with Crippen LogP contribution in [0.15, 0.2) is 0 Å². The van der Waals surface area contributed by atoms with Gasteiger partial charge in [0.25, 0.3) is 0 Å². The minimum atomic E-state index is 0.107. The van der Waals surface area contributed by atoms with E-state index in [-0.39, 0.29) is 11.8 Å². The molecule has 0 aliphatic heterocycles. The molecule has 2 N–H and O–H groups in total. The van der Waals surface area contributed by atoms with E-state index < -0.39 is 0 Å². The van der Waals surface area contributed by atoms with Crippen LogP contribution in [0.3, 0.4) is 0 Å². The Labute approximate surface area is 205 Å². The maximum atomic E-state index is 11.1. The van der Waals surface area contributed by atoms with Crippen molar-refractivity contribution in [2.45, 2.75) is 118 Å². The van der Waals surface area contributed by atoms with Crippen LogP contribution in [0.4, 0.5) is 0 Å². The summed E-state index contributed by atoms with van der Waals surface area (Å²) in [5.74, 6) is 4.81. The highest BCUT2D eigenvalue weighted by atomic mass is 16.2. The van der Waals surface area contributed by atoms with Crippen LogP contribution in [0.1, 0.15) is 100 Å². The number of hydrogen-bond donors (Lipinski definition) is 2. The van der Waals surface area contributed by atoms with Crippen LogP contribution >= 0.6 is 0 Å². The molecule has 3 atom stereocenters. The molecule has 0 aromatic heterocycles. The van der Waals surface area contributed by atoms with E-state index in [1.807, 2.05) is 6.92 Å². The molecule has 0 aromatic carbocycles. The quantitative estimate of drug-likeness (QED) is 0.449. The maximum absolute atomic E-state index is 11.1. The van der Waals surface area contributed by atoms with Crippen molar-refractivity contribution < 1.29 is 9.59 Å². The molecule has 0 aromatic rings. The standard InChI is InChI=1S/C10H19NO.C9H17NO.C9H19N/c1-4-9(12)11-10(7(2)3)8-5-6-8;1-6(2)9(8-4-5-8)10-7(3)11;1-7(2)9(10(3)4)8-5-6-8/h7-8,10H,4-6H2,1-3H3,(H,11,12);6,8-9H,4-5H2,1-3H3,(H,10,11);7-9H,5-6H2,1-4H3. The molecule has 3 rings (SSSR count). The van der Waals surface area contributed by atoms with E-state index in [1.165, 1.54) is 38.5 Å². The summed E-state index contributed by atoms with van der Waals surface area (Å²) in [4.78, 5) is 24.3. The zero-order valence-electron chi connectivity index (χ0n) is 23.4. The van der Waals surface area contributed by atoms with Crippen molar-refractivity contribution in [2.75, 3.05) is 14.1 Å². The summed E-state index contributed by atoms with van der Waals surface area (Å²) in [5.41, 5.74) is 0. The van der Waals surface area contributed by atoms with Crippen LogP contribution in [0, 0.1) is 35.5 Å². The Balaban J connectivity index is 0.000000249. The zero-order valence-corrected chi connectivity index (χ0v) is 23.4. The Morgan fingerprint density at radius 3 is 1.33 bits per heavy atom. The third-order valence-corrected chi connectivity index (χ3v) is 7.10. The largest absolute Gasteiger partial charge is 0.353 e. The molecule has 0 radical (unpaired) electrons. The average molecular weight is 466 g/mol. The highest BCUT2D eigenvalue weighted by molar-refractivity contribution is 5.76. The Morgan fingerprint density at radius 2 is 1.12 bits per heavy atom. The Kier molecular flexibility index (Phi) is 13.0. The molecule has 2 amide bonds. The Hall–Kier alpha value is -1.10. The van der Waals surface area contributed by atoms with E-state index in [9.17, 15) is 9.59 Å². The first kappa shape index (κ1) is 29.9. The second-order valence-corrected chi connectivity index (χ2v) is 11.9. The molecule has 5 nitrogen and oxygen atoms in total. The molecule has 194 valence electrons. The van der Waals surface area contributed by atoms with Crippen LogP contribution in [0.2, 0.25) is 0 Å². The van der Waals surface area contributed by atoms with E-state index in [2.05, 4.69) is 71.2 Å². The number of nitrogens with zero attached hydrogens (tertiary/aromatic N) is 1. The minimum absolute atomic E-state index is 0.107. The number of rotatable bonds is 10. The first-order valence-corrected chi connectivity index (χ1v) is 13.6. The fourth-order valence-corrected chi connectivity index (χ4v) is 5.09. The van der Waals surface area contributed by atoms with Crippen LogP contribution in [-0.2, 0) is 9.59 Å². The summed E-state index contributed by atoms with van der Waals surface area (Å²) in [6.45, 7) is 16.8. The molecule has 3 aliphatic carbocycles. The lowest BCUT2D eigenvalue weighted by Crippen LogP contribution is -2.39. The number of amides is 2. The van der Waals surface area contributed by atoms with Gasteiger partial charge in [-0.2, -0.15) is 0 Å². The summed E-state index contributed by atoms with van der Waals surface area (Å²) < 4.78 is 0. The van der Waals surface area contributed by atoms with Crippen molar-refractivity contribution in [1.82, 2.24) is 15.5 Å². The molecule has 3 saturated carbocycles. The van der Waals surface area contributed by atoms with Gasteiger partial charge in [0.1, 0.15) is 0 Å². The van der Waals surface area contributed by atoms with E-state index in [0.29, 0.717) is 30.3 Å². The van der Waals surface area contributed by atoms with Crippen molar-refractivity contribution in [3.8, 4) is 0 Å². The van der Waals surface area contributed by atoms with Crippen molar-refractivity contribution in [1.29, 1.82) is 0 Å². The van der Waals surface area contributed by atoms with Crippen LogP contribution < -0.4 is 10.6 Å². The van der Waals surface area contributed by atoms with Gasteiger partial charge >= 0.3 is 0 Å². The van der Waals surface area contributed by atoms with E-state index >= 15 is 0 Å². The molecule has 33 heavy (non-hydrogen) atoms. The van der Waals surface area contributed by atoms with Gasteiger partial charge in [-0.3, -0.25) is 9.59 Å². The number of carbonyl (C=O) groups is 2. The maximum Gasteiger partial charge on any atom is 0.219 e. The van der Waals surface area contributed by atoms with E-state index in [0.717, 1.165) is 29.7 Å². The minimum Gasteiger partial charge on any atom is -0.353 e. The second-order valence-electron chi connectivity index (χ2n) is 11.9. The molecule has 0 heterocycles. The first-order valence-electron chi connectivity index (χ1n) is 13.6. The third-order valence-electron chi connectivity index (χ3n) is 7.10. The van der Waals surface area contributed by atoms with Gasteiger partial charge in [0.05, 0.1) is 0 Å². The third kappa shape index (κ3) is 12.2. The average Bonchev–Trinajstić information content (AvgIpc) is 3.54. The van der Waals surface area contributed by atoms with Gasteiger partial charge in [0, 0.05) is 31.5 Å². The summed E-state index contributed by atoms with van der Waals surface area (Å²) in [7, 11) is 4.39. The van der Waals surface area contributed by atoms with Crippen LogP contribution in [0.5, 0.6) is 0 Å². The molecule has 0 saturated heterocycles. The number of hydrogen-bond acceptors (Lipinski definition) is 3. The Morgan fingerprint density at radius 1 is 0.727 bits per heavy atom. The van der Waals surface area contributed by atoms with Gasteiger partial charge in [-0.25, -0.2) is 0 Å². The van der Waals surface area contributed by atoms with Crippen LogP contribution in [0.25, 0.3) is 0 Å². The van der Waals surface area contributed by atoms with E-state index in [4.69, 9.17) is 0 Å². The predicted molar refractivity (Wildman–Crippen MR) is 140 cm³/mol. The fraction of sp³-hybridized carbons (Fsp3) is 0.929. The summed E-state index contributed by atoms with van der Waals surface area (Å²) in [5, 5.41) is 6.09. The van der Waals surface area contributed by atoms with Gasteiger partial charge in [0.2, 0.25) is 11.8 Å². The monoisotopic (exact) mass is 465 g/mol. The summed E-state index contributed by atoms with van der Waals surface area (Å²) in [6, 6.07) is 1.69. The highest BCUT2D eigenvalue weighted by Gasteiger charge is 2.35. The lowest BCUT2D eigenvalue weighted by atomic mass is 9.99. The molecule has 0 bridgehead atoms. The number of carbonyl (C=O) groups excluding carboxylic acids is 2. The molecular weight excluding hydrogens is 410 g/mol. The molecular formula is C28H55N3O2. The van der Waals surface area contributed by atoms with Crippen molar-refractivity contribution >= 4 is 11.8 Å². The Bertz CT molecular complexity index is 561. The lowest BCUT2D eigenvalue weighted by Gasteiger charge is -2.27. The van der Waals surface area contributed by atoms with Gasteiger partial charge in [-0.05, 0) is 88.1 Å². The molecule has 3 aliphatic rings. The topological polar surface area (TPSA) is 61.4 Å². The van der Waals surface area contributed by atoms with Crippen molar-refractivity contribution in [2.24, 2.45) is 35.5 Å². The molecule has 0 spiro atoms. The zero-order chi connectivity index (χ0) is 25.3. The molecule has 3 fully saturated rings. The molecule has 3 unspecified atom stereocenters. The van der Waals surface area contributed by atoms with Gasteiger partial charge in [-0.1, -0.05) is 48.5 Å². The SMILES string of the molecule is CC(=O)NC(C(C)C)C1CC1.CC(C)C(C1CC1)N(C)C.CCC(=O)NC(C(C)C)C1CC1. The van der Waals surface area contributed by atoms with Crippen LogP contribution in [-0.4, -0.2) is 48.9 Å². The predicted octanol–water partition coefficient (Wildman–Crippen LogP) is 5.49. The van der Waals surface area contributed by atoms with Gasteiger partial charge in [0.15, 0.2) is 0 Å². The first-order chi connectivity index (χ1) is 15.4. The van der Waals surface area contributed by atoms with E-state index in [1.54, 1.807) is 6.92 Å². The smallest absolute Gasteiger partial charge is 0.219 e. The second kappa shape index (κ2) is 14.3. The molecule has 5 heteroatoms. The summed E-state index contributed by atoms with van der Waals surface area (Å²) >= 11 is 0. The fourth-order valence-electron chi connectivity index (χ4n) is 5.09. The normalized spacial score (nSPS) is 20.4. The van der Waals surface area contributed by atoms with Crippen molar-refractivity contribution in [3.63, 3.8) is 0 Å². The van der Waals surface area contributed by atoms with Gasteiger partial charge < -0.3 is 15.5 Å². The number of nitrogens with one attached hydrogen (secondary N) is 2. The van der Waals surface area contributed by atoms with Crippen molar-refractivity contribution in [3.05, 3.63) is 0 Å². The van der Waals surface area contributed by atoms with Gasteiger partial charge in [-0.15, -0.1) is 0 Å².